The standard InChI is InChI=1S/C22H22FN3O5/c1-28-17-11-14(12-18(29-2)19(17)30-3)22(27)26-10-4-5-16(26)21-24-20(25-31-21)13-6-8-15(23)9-7-13/h6-9,11-12,16H,4-5,10H2,1-3H3/t16-/m1/s1. The molecule has 0 N–H and O–H groups in total. The first-order chi connectivity index (χ1) is 15.0. The van der Waals surface area contributed by atoms with Crippen LogP contribution < -0.4 is 14.2 Å². The summed E-state index contributed by atoms with van der Waals surface area (Å²) in [5.74, 6) is 1.36. The lowest BCUT2D eigenvalue weighted by atomic mass is 10.1. The minimum atomic E-state index is -0.353. The third-order valence-electron chi connectivity index (χ3n) is 5.25. The van der Waals surface area contributed by atoms with Gasteiger partial charge in [0.2, 0.25) is 17.5 Å². The molecule has 1 amide bonds. The molecule has 1 fully saturated rings. The van der Waals surface area contributed by atoms with Crippen LogP contribution in [0.3, 0.4) is 0 Å². The second kappa shape index (κ2) is 8.63. The third kappa shape index (κ3) is 3.90. The van der Waals surface area contributed by atoms with Crippen molar-refractivity contribution in [3.63, 3.8) is 0 Å². The van der Waals surface area contributed by atoms with E-state index in [0.29, 0.717) is 53.1 Å². The SMILES string of the molecule is COc1cc(C(=O)N2CCC[C@@H]2c2nc(-c3ccc(F)cc3)no2)cc(OC)c1OC. The number of methoxy groups -OCH3 is 3. The molecule has 0 spiro atoms. The quantitative estimate of drug-likeness (QED) is 0.590. The van der Waals surface area contributed by atoms with Gasteiger partial charge in [-0.3, -0.25) is 4.79 Å². The van der Waals surface area contributed by atoms with Gasteiger partial charge < -0.3 is 23.6 Å². The van der Waals surface area contributed by atoms with E-state index in [1.165, 1.54) is 33.5 Å². The van der Waals surface area contributed by atoms with E-state index >= 15 is 0 Å². The summed E-state index contributed by atoms with van der Waals surface area (Å²) >= 11 is 0. The average Bonchev–Trinajstić information content (AvgIpc) is 3.47. The van der Waals surface area contributed by atoms with E-state index < -0.39 is 0 Å². The predicted octanol–water partition coefficient (Wildman–Crippen LogP) is 3.88. The second-order valence-electron chi connectivity index (χ2n) is 7.03. The number of carbonyl (C=O) groups is 1. The summed E-state index contributed by atoms with van der Waals surface area (Å²) < 4.78 is 34.7. The molecule has 1 aromatic heterocycles. The summed E-state index contributed by atoms with van der Waals surface area (Å²) in [4.78, 5) is 19.5. The fourth-order valence-electron chi connectivity index (χ4n) is 3.72. The second-order valence-corrected chi connectivity index (χ2v) is 7.03. The van der Waals surface area contributed by atoms with Gasteiger partial charge in [-0.1, -0.05) is 5.16 Å². The van der Waals surface area contributed by atoms with Gasteiger partial charge >= 0.3 is 0 Å². The molecule has 9 heteroatoms. The molecule has 0 radical (unpaired) electrons. The van der Waals surface area contributed by atoms with Gasteiger partial charge in [0, 0.05) is 17.7 Å². The normalized spacial score (nSPS) is 15.7. The Kier molecular flexibility index (Phi) is 5.75. The molecule has 1 aliphatic heterocycles. The van der Waals surface area contributed by atoms with Crippen LogP contribution in [0.1, 0.15) is 35.1 Å². The molecule has 4 rings (SSSR count). The number of halogens is 1. The molecule has 3 aromatic rings. The van der Waals surface area contributed by atoms with Gasteiger partial charge in [0.25, 0.3) is 5.91 Å². The number of nitrogens with zero attached hydrogens (tertiary/aromatic N) is 3. The maximum atomic E-state index is 13.3. The van der Waals surface area contributed by atoms with E-state index in [-0.39, 0.29) is 17.8 Å². The van der Waals surface area contributed by atoms with E-state index in [4.69, 9.17) is 18.7 Å². The van der Waals surface area contributed by atoms with E-state index in [1.807, 2.05) is 0 Å². The zero-order valence-electron chi connectivity index (χ0n) is 17.4. The van der Waals surface area contributed by atoms with Crippen molar-refractivity contribution in [1.29, 1.82) is 0 Å². The number of hydrogen-bond donors (Lipinski definition) is 0. The fraction of sp³-hybridized carbons (Fsp3) is 0.318. The highest BCUT2D eigenvalue weighted by Gasteiger charge is 2.35. The Morgan fingerprint density at radius 1 is 1.10 bits per heavy atom. The van der Waals surface area contributed by atoms with Crippen LogP contribution in [-0.2, 0) is 0 Å². The number of rotatable bonds is 6. The van der Waals surface area contributed by atoms with Crippen molar-refractivity contribution in [3.05, 3.63) is 53.7 Å². The lowest BCUT2D eigenvalue weighted by Gasteiger charge is -2.23. The Balaban J connectivity index is 1.62. The topological polar surface area (TPSA) is 86.9 Å². The van der Waals surface area contributed by atoms with Gasteiger partial charge in [-0.2, -0.15) is 4.98 Å². The number of hydrogen-bond acceptors (Lipinski definition) is 7. The van der Waals surface area contributed by atoms with Crippen molar-refractivity contribution in [2.45, 2.75) is 18.9 Å². The molecule has 0 saturated carbocycles. The highest BCUT2D eigenvalue weighted by atomic mass is 19.1. The van der Waals surface area contributed by atoms with Crippen LogP contribution in [0.15, 0.2) is 40.9 Å². The predicted molar refractivity (Wildman–Crippen MR) is 109 cm³/mol. The molecule has 0 aliphatic carbocycles. The molecule has 162 valence electrons. The van der Waals surface area contributed by atoms with Crippen LogP contribution >= 0.6 is 0 Å². The lowest BCUT2D eigenvalue weighted by Crippen LogP contribution is -2.30. The first-order valence-corrected chi connectivity index (χ1v) is 9.76. The van der Waals surface area contributed by atoms with Crippen molar-refractivity contribution in [1.82, 2.24) is 15.0 Å². The molecule has 1 aliphatic rings. The average molecular weight is 427 g/mol. The molecule has 0 bridgehead atoms. The Morgan fingerprint density at radius 2 is 1.77 bits per heavy atom. The highest BCUT2D eigenvalue weighted by molar-refractivity contribution is 5.96. The first kappa shape index (κ1) is 20.6. The van der Waals surface area contributed by atoms with Crippen LogP contribution in [0.5, 0.6) is 17.2 Å². The number of carbonyl (C=O) groups excluding carboxylic acids is 1. The van der Waals surface area contributed by atoms with Crippen molar-refractivity contribution >= 4 is 5.91 Å². The van der Waals surface area contributed by atoms with Crippen LogP contribution in [-0.4, -0.2) is 48.8 Å². The van der Waals surface area contributed by atoms with Gasteiger partial charge in [0.15, 0.2) is 11.5 Å². The Hall–Kier alpha value is -3.62. The van der Waals surface area contributed by atoms with E-state index in [0.717, 1.165) is 6.42 Å². The summed E-state index contributed by atoms with van der Waals surface area (Å²) in [6.07, 6.45) is 1.50. The van der Waals surface area contributed by atoms with Crippen molar-refractivity contribution < 1.29 is 27.9 Å². The molecule has 8 nitrogen and oxygen atoms in total. The molecular weight excluding hydrogens is 405 g/mol. The number of aromatic nitrogens is 2. The number of amides is 1. The van der Waals surface area contributed by atoms with Gasteiger partial charge in [0.05, 0.1) is 21.3 Å². The minimum absolute atomic E-state index is 0.205. The molecule has 31 heavy (non-hydrogen) atoms. The van der Waals surface area contributed by atoms with Crippen molar-refractivity contribution in [3.8, 4) is 28.6 Å². The van der Waals surface area contributed by atoms with Gasteiger partial charge in [-0.15, -0.1) is 0 Å². The number of benzene rings is 2. The van der Waals surface area contributed by atoms with Crippen molar-refractivity contribution in [2.24, 2.45) is 0 Å². The molecule has 2 aromatic carbocycles. The Bertz CT molecular complexity index is 1060. The van der Waals surface area contributed by atoms with Crippen LogP contribution in [0.4, 0.5) is 4.39 Å². The first-order valence-electron chi connectivity index (χ1n) is 9.76. The lowest BCUT2D eigenvalue weighted by molar-refractivity contribution is 0.0709. The summed E-state index contributed by atoms with van der Waals surface area (Å²) in [6.45, 7) is 0.550. The van der Waals surface area contributed by atoms with Crippen LogP contribution in [0, 0.1) is 5.82 Å². The zero-order valence-corrected chi connectivity index (χ0v) is 17.4. The van der Waals surface area contributed by atoms with E-state index in [2.05, 4.69) is 10.1 Å². The smallest absolute Gasteiger partial charge is 0.254 e. The van der Waals surface area contributed by atoms with Crippen LogP contribution in [0.2, 0.25) is 0 Å². The van der Waals surface area contributed by atoms with Crippen molar-refractivity contribution in [2.75, 3.05) is 27.9 Å². The third-order valence-corrected chi connectivity index (χ3v) is 5.25. The molecule has 2 heterocycles. The number of ether oxygens (including phenoxy) is 3. The number of likely N-dealkylation sites (tertiary alicyclic amines) is 1. The summed E-state index contributed by atoms with van der Waals surface area (Å²) in [7, 11) is 4.51. The maximum absolute atomic E-state index is 13.3. The maximum Gasteiger partial charge on any atom is 0.254 e. The van der Waals surface area contributed by atoms with Gasteiger partial charge in [-0.25, -0.2) is 4.39 Å². The summed E-state index contributed by atoms with van der Waals surface area (Å²) in [5.41, 5.74) is 1.04. The zero-order chi connectivity index (χ0) is 22.0. The van der Waals surface area contributed by atoms with Gasteiger partial charge in [-0.05, 0) is 49.2 Å². The molecule has 1 atom stereocenters. The monoisotopic (exact) mass is 427 g/mol. The Labute approximate surface area is 178 Å². The molecule has 0 unspecified atom stereocenters. The molecular formula is C22H22FN3O5. The van der Waals surface area contributed by atoms with Crippen LogP contribution in [0.25, 0.3) is 11.4 Å². The fourth-order valence-corrected chi connectivity index (χ4v) is 3.72. The van der Waals surface area contributed by atoms with E-state index in [9.17, 15) is 9.18 Å². The highest BCUT2D eigenvalue weighted by Crippen LogP contribution is 2.40. The van der Waals surface area contributed by atoms with Gasteiger partial charge in [0.1, 0.15) is 11.9 Å². The largest absolute Gasteiger partial charge is 0.493 e. The summed E-state index contributed by atoms with van der Waals surface area (Å²) in [5, 5.41) is 4.00. The Morgan fingerprint density at radius 3 is 2.39 bits per heavy atom. The minimum Gasteiger partial charge on any atom is -0.493 e. The molecule has 1 saturated heterocycles. The summed E-state index contributed by atoms with van der Waals surface area (Å²) in [6, 6.07) is 8.72. The van der Waals surface area contributed by atoms with E-state index in [1.54, 1.807) is 29.2 Å².